The van der Waals surface area contributed by atoms with E-state index >= 15 is 0 Å². The van der Waals surface area contributed by atoms with E-state index in [0.717, 1.165) is 68.0 Å². The summed E-state index contributed by atoms with van der Waals surface area (Å²) in [7, 11) is 3.34. The molecule has 4 rings (SSSR count). The minimum Gasteiger partial charge on any atom is -0.494 e. The monoisotopic (exact) mass is 473 g/mol. The highest BCUT2D eigenvalue weighted by Gasteiger charge is 2.25. The van der Waals surface area contributed by atoms with Crippen LogP contribution in [0.1, 0.15) is 36.7 Å². The van der Waals surface area contributed by atoms with Crippen LogP contribution in [0.5, 0.6) is 5.75 Å². The first-order valence-corrected chi connectivity index (χ1v) is 12.4. The quantitative estimate of drug-likeness (QED) is 0.480. The molecule has 0 amide bonds. The van der Waals surface area contributed by atoms with Gasteiger partial charge < -0.3 is 24.4 Å². The van der Waals surface area contributed by atoms with Crippen molar-refractivity contribution < 1.29 is 18.6 Å². The molecule has 0 bridgehead atoms. The number of nitrogens with zero attached hydrogens (tertiary/aromatic N) is 2. The number of aliphatic imine (C=N–C) groups is 1. The van der Waals surface area contributed by atoms with Gasteiger partial charge in [0.15, 0.2) is 0 Å². The second kappa shape index (κ2) is 11.7. The Labute approximate surface area is 199 Å². The van der Waals surface area contributed by atoms with Crippen molar-refractivity contribution in [2.24, 2.45) is 4.99 Å². The molecule has 33 heavy (non-hydrogen) atoms. The van der Waals surface area contributed by atoms with Crippen molar-refractivity contribution >= 4 is 28.4 Å². The van der Waals surface area contributed by atoms with Gasteiger partial charge in [0.05, 0.1) is 19.4 Å². The molecular formula is C25H32FN3O3S. The van der Waals surface area contributed by atoms with E-state index in [4.69, 9.17) is 14.2 Å². The summed E-state index contributed by atoms with van der Waals surface area (Å²) in [5.74, 6) is 0.491. The second-order valence-electron chi connectivity index (χ2n) is 8.31. The first-order chi connectivity index (χ1) is 16.1. The molecule has 0 saturated carbocycles. The molecule has 2 aliphatic rings. The molecule has 1 fully saturated rings. The Morgan fingerprint density at radius 1 is 1.09 bits per heavy atom. The molecule has 1 N–H and O–H groups in total. The molecule has 0 spiro atoms. The smallest absolute Gasteiger partial charge is 0.253 e. The van der Waals surface area contributed by atoms with E-state index in [1.54, 1.807) is 26.4 Å². The van der Waals surface area contributed by atoms with E-state index in [0.29, 0.717) is 17.9 Å². The lowest BCUT2D eigenvalue weighted by Crippen LogP contribution is -2.39. The van der Waals surface area contributed by atoms with E-state index in [2.05, 4.69) is 33.4 Å². The number of rotatable bonds is 9. The largest absolute Gasteiger partial charge is 0.494 e. The molecule has 0 aliphatic carbocycles. The maximum atomic E-state index is 12.9. The molecule has 2 aromatic rings. The minimum absolute atomic E-state index is 0.0918. The third-order valence-electron chi connectivity index (χ3n) is 6.00. The Bertz CT molecular complexity index is 933. The van der Waals surface area contributed by atoms with Crippen molar-refractivity contribution in [1.29, 1.82) is 0 Å². The summed E-state index contributed by atoms with van der Waals surface area (Å²) < 4.78 is 29.5. The fourth-order valence-corrected chi connectivity index (χ4v) is 5.03. The van der Waals surface area contributed by atoms with Crippen LogP contribution in [0.2, 0.25) is 0 Å². The van der Waals surface area contributed by atoms with Crippen LogP contribution >= 0.6 is 11.8 Å². The lowest BCUT2D eigenvalue weighted by Gasteiger charge is -2.33. The van der Waals surface area contributed by atoms with Gasteiger partial charge in [0.2, 0.25) is 0 Å². The molecule has 2 heterocycles. The maximum Gasteiger partial charge on any atom is 0.253 e. The standard InChI is InChI=1S/C25H32FN3O3S/c1-30-24-22-10-7-20(17-23(22)28-25(31-2)33-24)27-19-11-14-29(15-12-19)13-3-4-16-32-21-8-5-18(26)6-9-21/h5-10,17,19,24,27H,3-4,11-16H2,1-2H3. The fourth-order valence-electron chi connectivity index (χ4n) is 4.17. The van der Waals surface area contributed by atoms with Crippen molar-refractivity contribution in [3.63, 3.8) is 0 Å². The zero-order valence-corrected chi connectivity index (χ0v) is 20.1. The van der Waals surface area contributed by atoms with Crippen LogP contribution in [0.15, 0.2) is 47.5 Å². The number of thioether (sulfide) groups is 1. The number of ether oxygens (including phenoxy) is 3. The summed E-state index contributed by atoms with van der Waals surface area (Å²) in [6.07, 6.45) is 4.33. The molecule has 2 aliphatic heterocycles. The summed E-state index contributed by atoms with van der Waals surface area (Å²) >= 11 is 1.48. The van der Waals surface area contributed by atoms with Crippen molar-refractivity contribution in [3.8, 4) is 5.75 Å². The minimum atomic E-state index is -0.237. The van der Waals surface area contributed by atoms with Gasteiger partial charge in [-0.15, -0.1) is 0 Å². The van der Waals surface area contributed by atoms with E-state index < -0.39 is 0 Å². The lowest BCUT2D eigenvalue weighted by atomic mass is 10.0. The Hall–Kier alpha value is -2.29. The number of unbranched alkanes of at least 4 members (excludes halogenated alkanes) is 1. The average molecular weight is 474 g/mol. The number of hydrogen-bond acceptors (Lipinski definition) is 7. The number of methoxy groups -OCH3 is 2. The lowest BCUT2D eigenvalue weighted by molar-refractivity contribution is 0.176. The van der Waals surface area contributed by atoms with Crippen LogP contribution in [-0.2, 0) is 9.47 Å². The number of fused-ring (bicyclic) bond motifs is 1. The molecule has 0 aromatic heterocycles. The van der Waals surface area contributed by atoms with Crippen molar-refractivity contribution in [1.82, 2.24) is 4.90 Å². The van der Waals surface area contributed by atoms with Gasteiger partial charge in [-0.25, -0.2) is 9.38 Å². The molecule has 6 nitrogen and oxygen atoms in total. The van der Waals surface area contributed by atoms with Crippen molar-refractivity contribution in [2.45, 2.75) is 37.2 Å². The maximum absolute atomic E-state index is 12.9. The molecular weight excluding hydrogens is 441 g/mol. The topological polar surface area (TPSA) is 55.3 Å². The van der Waals surface area contributed by atoms with E-state index in [1.165, 1.54) is 23.9 Å². The number of hydrogen-bond donors (Lipinski definition) is 1. The highest BCUT2D eigenvalue weighted by atomic mass is 32.2. The van der Waals surface area contributed by atoms with Crippen molar-refractivity contribution in [2.75, 3.05) is 45.8 Å². The van der Waals surface area contributed by atoms with Crippen LogP contribution in [0.4, 0.5) is 15.8 Å². The Balaban J connectivity index is 1.18. The van der Waals surface area contributed by atoms with Crippen LogP contribution in [-0.4, -0.2) is 56.6 Å². The van der Waals surface area contributed by atoms with Crippen molar-refractivity contribution in [3.05, 3.63) is 53.8 Å². The van der Waals surface area contributed by atoms with Gasteiger partial charge in [-0.3, -0.25) is 0 Å². The van der Waals surface area contributed by atoms with Gasteiger partial charge >= 0.3 is 0 Å². The SMILES string of the molecule is COC1=Nc2cc(NC3CCN(CCCCOc4ccc(F)cc4)CC3)ccc2C(OC)S1. The predicted molar refractivity (Wildman–Crippen MR) is 132 cm³/mol. The number of halogens is 1. The molecule has 178 valence electrons. The Morgan fingerprint density at radius 3 is 2.61 bits per heavy atom. The van der Waals surface area contributed by atoms with Crippen LogP contribution in [0.25, 0.3) is 0 Å². The summed E-state index contributed by atoms with van der Waals surface area (Å²) in [5, 5.41) is 4.31. The summed E-state index contributed by atoms with van der Waals surface area (Å²) in [5.41, 5.74) is 2.98. The van der Waals surface area contributed by atoms with Crippen LogP contribution in [0.3, 0.4) is 0 Å². The van der Waals surface area contributed by atoms with Gasteiger partial charge in [-0.2, -0.15) is 0 Å². The van der Waals surface area contributed by atoms with Gasteiger partial charge in [0, 0.05) is 37.5 Å². The van der Waals surface area contributed by atoms with Gasteiger partial charge in [-0.1, -0.05) is 6.07 Å². The zero-order chi connectivity index (χ0) is 23.0. The molecule has 8 heteroatoms. The Morgan fingerprint density at radius 2 is 1.88 bits per heavy atom. The second-order valence-corrected chi connectivity index (χ2v) is 9.32. The molecule has 0 radical (unpaired) electrons. The van der Waals surface area contributed by atoms with E-state index in [1.807, 2.05) is 0 Å². The predicted octanol–water partition coefficient (Wildman–Crippen LogP) is 5.59. The molecule has 1 saturated heterocycles. The van der Waals surface area contributed by atoms with E-state index in [9.17, 15) is 4.39 Å². The zero-order valence-electron chi connectivity index (χ0n) is 19.3. The normalized spacial score (nSPS) is 19.0. The first-order valence-electron chi connectivity index (χ1n) is 11.5. The van der Waals surface area contributed by atoms with Gasteiger partial charge in [-0.05, 0) is 80.4 Å². The average Bonchev–Trinajstić information content (AvgIpc) is 2.85. The third-order valence-corrected chi connectivity index (χ3v) is 7.12. The van der Waals surface area contributed by atoms with Gasteiger partial charge in [0.25, 0.3) is 5.23 Å². The summed E-state index contributed by atoms with van der Waals surface area (Å²) in [6.45, 7) is 3.94. The highest BCUT2D eigenvalue weighted by Crippen LogP contribution is 2.42. The summed E-state index contributed by atoms with van der Waals surface area (Å²) in [6, 6.07) is 13.0. The number of benzene rings is 2. The highest BCUT2D eigenvalue weighted by molar-refractivity contribution is 8.13. The molecule has 1 unspecified atom stereocenters. The number of anilines is 1. The van der Waals surface area contributed by atoms with Crippen LogP contribution in [0, 0.1) is 5.82 Å². The fraction of sp³-hybridized carbons (Fsp3) is 0.480. The number of likely N-dealkylation sites (tertiary alicyclic amines) is 1. The first kappa shape index (κ1) is 23.9. The third kappa shape index (κ3) is 6.62. The molecule has 2 aromatic carbocycles. The van der Waals surface area contributed by atoms with E-state index in [-0.39, 0.29) is 11.3 Å². The van der Waals surface area contributed by atoms with Gasteiger partial charge in [0.1, 0.15) is 17.0 Å². The Kier molecular flexibility index (Phi) is 8.47. The number of nitrogens with one attached hydrogen (secondary N) is 1. The van der Waals surface area contributed by atoms with Crippen LogP contribution < -0.4 is 10.1 Å². The summed E-state index contributed by atoms with van der Waals surface area (Å²) in [4.78, 5) is 7.13. The molecule has 1 atom stereocenters. The number of piperidine rings is 1.